The van der Waals surface area contributed by atoms with Crippen molar-refractivity contribution in [1.29, 1.82) is 0 Å². The van der Waals surface area contributed by atoms with Gasteiger partial charge in [0.25, 0.3) is 0 Å². The van der Waals surface area contributed by atoms with Crippen molar-refractivity contribution < 1.29 is 5.11 Å². The summed E-state index contributed by atoms with van der Waals surface area (Å²) in [5.74, 6) is 0. The van der Waals surface area contributed by atoms with Crippen LogP contribution in [-0.2, 0) is 0 Å². The number of nitrogens with one attached hydrogen (secondary N) is 1. The molecule has 0 aromatic rings. The van der Waals surface area contributed by atoms with Crippen molar-refractivity contribution in [2.24, 2.45) is 0 Å². The predicted octanol–water partition coefficient (Wildman–Crippen LogP) is 0.906. The minimum atomic E-state index is -0.0870. The second-order valence-electron chi connectivity index (χ2n) is 6.86. The fraction of sp³-hybridized carbons (Fsp3) is 1.00. The second-order valence-corrected chi connectivity index (χ2v) is 6.86. The summed E-state index contributed by atoms with van der Waals surface area (Å²) < 4.78 is 0. The summed E-state index contributed by atoms with van der Waals surface area (Å²) in [6.45, 7) is 12.8. The summed E-state index contributed by atoms with van der Waals surface area (Å²) in [5.41, 5.74) is -0.0870. The zero-order chi connectivity index (χ0) is 13.9. The number of aliphatic hydroxyl groups is 1. The van der Waals surface area contributed by atoms with Crippen LogP contribution < -0.4 is 5.32 Å². The van der Waals surface area contributed by atoms with Crippen molar-refractivity contribution in [2.45, 2.75) is 57.7 Å². The highest BCUT2D eigenvalue weighted by Crippen LogP contribution is 2.24. The fourth-order valence-electron chi connectivity index (χ4n) is 2.83. The van der Waals surface area contributed by atoms with Crippen molar-refractivity contribution in [3.05, 3.63) is 0 Å². The van der Waals surface area contributed by atoms with Crippen molar-refractivity contribution in [2.75, 3.05) is 39.3 Å². The van der Waals surface area contributed by atoms with Crippen LogP contribution in [0.3, 0.4) is 0 Å². The monoisotopic (exact) mass is 269 g/mol. The van der Waals surface area contributed by atoms with Gasteiger partial charge in [-0.15, -0.1) is 0 Å². The van der Waals surface area contributed by atoms with Gasteiger partial charge in [-0.2, -0.15) is 0 Å². The molecule has 1 aliphatic carbocycles. The third-order valence-corrected chi connectivity index (χ3v) is 4.60. The van der Waals surface area contributed by atoms with Crippen LogP contribution in [0.25, 0.3) is 0 Å². The number of hydrogen-bond donors (Lipinski definition) is 2. The number of piperazine rings is 1. The van der Waals surface area contributed by atoms with E-state index in [1.54, 1.807) is 0 Å². The fourth-order valence-corrected chi connectivity index (χ4v) is 2.83. The van der Waals surface area contributed by atoms with E-state index in [4.69, 9.17) is 0 Å². The Balaban J connectivity index is 1.69. The lowest BCUT2D eigenvalue weighted by Crippen LogP contribution is -2.52. The molecule has 4 heteroatoms. The molecular weight excluding hydrogens is 238 g/mol. The lowest BCUT2D eigenvalue weighted by Gasteiger charge is -2.38. The number of hydrogen-bond acceptors (Lipinski definition) is 4. The van der Waals surface area contributed by atoms with Gasteiger partial charge in [0, 0.05) is 50.3 Å². The largest absolute Gasteiger partial charge is 0.394 e. The molecule has 2 fully saturated rings. The molecule has 1 aliphatic heterocycles. The van der Waals surface area contributed by atoms with Crippen LogP contribution in [0, 0.1) is 0 Å². The molecule has 19 heavy (non-hydrogen) atoms. The number of nitrogens with zero attached hydrogens (tertiary/aromatic N) is 2. The first-order chi connectivity index (χ1) is 9.02. The first kappa shape index (κ1) is 15.2. The number of aliphatic hydroxyl groups excluding tert-OH is 1. The van der Waals surface area contributed by atoms with Gasteiger partial charge in [-0.05, 0) is 40.0 Å². The summed E-state index contributed by atoms with van der Waals surface area (Å²) in [6, 6.07) is 1.33. The maximum absolute atomic E-state index is 9.62. The standard InChI is InChI=1S/C15H31N3O/c1-13(2)18-10-8-17(9-11-18)7-6-15(3,12-19)16-14-4-5-14/h13-14,16,19H,4-12H2,1-3H3. The van der Waals surface area contributed by atoms with Crippen molar-refractivity contribution in [3.8, 4) is 0 Å². The molecule has 112 valence electrons. The maximum atomic E-state index is 9.62. The molecule has 0 aromatic heterocycles. The van der Waals surface area contributed by atoms with Crippen molar-refractivity contribution in [1.82, 2.24) is 15.1 Å². The highest BCUT2D eigenvalue weighted by Gasteiger charge is 2.32. The normalized spacial score (nSPS) is 25.7. The molecule has 1 heterocycles. The van der Waals surface area contributed by atoms with Crippen molar-refractivity contribution >= 4 is 0 Å². The van der Waals surface area contributed by atoms with E-state index in [2.05, 4.69) is 35.9 Å². The van der Waals surface area contributed by atoms with E-state index in [1.165, 1.54) is 39.0 Å². The smallest absolute Gasteiger partial charge is 0.0611 e. The van der Waals surface area contributed by atoms with Crippen LogP contribution in [0.4, 0.5) is 0 Å². The molecule has 1 saturated carbocycles. The van der Waals surface area contributed by atoms with E-state index in [9.17, 15) is 5.11 Å². The second kappa shape index (κ2) is 6.53. The Hall–Kier alpha value is -0.160. The van der Waals surface area contributed by atoms with Crippen LogP contribution >= 0.6 is 0 Å². The van der Waals surface area contributed by atoms with Gasteiger partial charge in [0.1, 0.15) is 0 Å². The Morgan fingerprint density at radius 2 is 1.84 bits per heavy atom. The molecule has 0 aromatic carbocycles. The molecule has 0 radical (unpaired) electrons. The molecular formula is C15H31N3O. The summed E-state index contributed by atoms with van der Waals surface area (Å²) in [4.78, 5) is 5.09. The number of rotatable bonds is 7. The van der Waals surface area contributed by atoms with Crippen LogP contribution in [0.15, 0.2) is 0 Å². The molecule has 0 bridgehead atoms. The molecule has 0 amide bonds. The summed E-state index contributed by atoms with van der Waals surface area (Å²) in [6.07, 6.45) is 3.60. The average molecular weight is 269 g/mol. The van der Waals surface area contributed by atoms with E-state index in [0.717, 1.165) is 13.0 Å². The van der Waals surface area contributed by atoms with Gasteiger partial charge in [0.2, 0.25) is 0 Å². The van der Waals surface area contributed by atoms with Gasteiger partial charge < -0.3 is 15.3 Å². The van der Waals surface area contributed by atoms with Crippen LogP contribution in [0.2, 0.25) is 0 Å². The van der Waals surface area contributed by atoms with Gasteiger partial charge in [-0.25, -0.2) is 0 Å². The Morgan fingerprint density at radius 3 is 2.32 bits per heavy atom. The van der Waals surface area contributed by atoms with E-state index >= 15 is 0 Å². The van der Waals surface area contributed by atoms with Crippen LogP contribution in [-0.4, -0.2) is 71.9 Å². The van der Waals surface area contributed by atoms with E-state index in [0.29, 0.717) is 12.1 Å². The minimum Gasteiger partial charge on any atom is -0.394 e. The molecule has 4 nitrogen and oxygen atoms in total. The van der Waals surface area contributed by atoms with E-state index < -0.39 is 0 Å². The molecule has 0 spiro atoms. The first-order valence-corrected chi connectivity index (χ1v) is 7.87. The van der Waals surface area contributed by atoms with Gasteiger partial charge in [0.15, 0.2) is 0 Å². The van der Waals surface area contributed by atoms with Gasteiger partial charge in [-0.1, -0.05) is 0 Å². The molecule has 1 unspecified atom stereocenters. The van der Waals surface area contributed by atoms with Gasteiger partial charge in [-0.3, -0.25) is 4.90 Å². The minimum absolute atomic E-state index is 0.0870. The topological polar surface area (TPSA) is 38.7 Å². The lowest BCUT2D eigenvalue weighted by molar-refractivity contribution is 0.0905. The average Bonchev–Trinajstić information content (AvgIpc) is 3.21. The summed E-state index contributed by atoms with van der Waals surface area (Å²) in [7, 11) is 0. The molecule has 2 aliphatic rings. The Morgan fingerprint density at radius 1 is 1.21 bits per heavy atom. The van der Waals surface area contributed by atoms with Gasteiger partial charge >= 0.3 is 0 Å². The van der Waals surface area contributed by atoms with Crippen molar-refractivity contribution in [3.63, 3.8) is 0 Å². The van der Waals surface area contributed by atoms with Gasteiger partial charge in [0.05, 0.1) is 6.61 Å². The maximum Gasteiger partial charge on any atom is 0.0611 e. The quantitative estimate of drug-likeness (QED) is 0.720. The van der Waals surface area contributed by atoms with E-state index in [1.807, 2.05) is 0 Å². The third-order valence-electron chi connectivity index (χ3n) is 4.60. The predicted molar refractivity (Wildman–Crippen MR) is 79.4 cm³/mol. The molecule has 1 atom stereocenters. The highest BCUT2D eigenvalue weighted by atomic mass is 16.3. The molecule has 1 saturated heterocycles. The Kier molecular flexibility index (Phi) is 5.23. The lowest BCUT2D eigenvalue weighted by atomic mass is 9.98. The Labute approximate surface area is 118 Å². The molecule has 2 N–H and O–H groups in total. The Bertz CT molecular complexity index is 273. The zero-order valence-electron chi connectivity index (χ0n) is 12.9. The third kappa shape index (κ3) is 4.71. The van der Waals surface area contributed by atoms with E-state index in [-0.39, 0.29) is 12.1 Å². The van der Waals surface area contributed by atoms with Crippen LogP contribution in [0.5, 0.6) is 0 Å². The summed E-state index contributed by atoms with van der Waals surface area (Å²) in [5, 5.41) is 13.2. The first-order valence-electron chi connectivity index (χ1n) is 7.87. The SMILES string of the molecule is CC(C)N1CCN(CCC(C)(CO)NC2CC2)CC1. The van der Waals surface area contributed by atoms with Crippen LogP contribution in [0.1, 0.15) is 40.0 Å². The highest BCUT2D eigenvalue weighted by molar-refractivity contribution is 4.93. The molecule has 2 rings (SSSR count). The zero-order valence-corrected chi connectivity index (χ0v) is 12.9. The summed E-state index contributed by atoms with van der Waals surface area (Å²) >= 11 is 0.